The van der Waals surface area contributed by atoms with Crippen molar-refractivity contribution in [3.05, 3.63) is 35.4 Å². The van der Waals surface area contributed by atoms with Gasteiger partial charge in [-0.1, -0.05) is 25.1 Å². The molecule has 1 aliphatic rings. The van der Waals surface area contributed by atoms with E-state index in [4.69, 9.17) is 4.74 Å². The van der Waals surface area contributed by atoms with Crippen LogP contribution in [-0.2, 0) is 11.2 Å². The first-order valence-corrected chi connectivity index (χ1v) is 4.67. The van der Waals surface area contributed by atoms with Crippen LogP contribution in [0.15, 0.2) is 29.3 Å². The van der Waals surface area contributed by atoms with E-state index in [1.807, 2.05) is 6.07 Å². The fourth-order valence-electron chi connectivity index (χ4n) is 1.54. The maximum Gasteiger partial charge on any atom is 0.216 e. The van der Waals surface area contributed by atoms with E-state index >= 15 is 0 Å². The van der Waals surface area contributed by atoms with Gasteiger partial charge in [-0.15, -0.1) is 0 Å². The first-order valence-electron chi connectivity index (χ1n) is 4.67. The maximum absolute atomic E-state index is 5.43. The first-order chi connectivity index (χ1) is 6.42. The van der Waals surface area contributed by atoms with Crippen LogP contribution in [0, 0.1) is 0 Å². The zero-order chi connectivity index (χ0) is 9.10. The van der Waals surface area contributed by atoms with E-state index in [-0.39, 0.29) is 0 Å². The second-order valence-electron chi connectivity index (χ2n) is 3.05. The summed E-state index contributed by atoms with van der Waals surface area (Å²) in [6, 6.07) is 8.28. The molecule has 13 heavy (non-hydrogen) atoms. The Hall–Kier alpha value is -1.31. The second-order valence-corrected chi connectivity index (χ2v) is 3.05. The minimum atomic E-state index is 0.730. The standard InChI is InChI=1S/C11H13NO/c1-2-9-5-3-4-6-10(9)11-12-7-8-13-11/h3-6H,2,7-8H2,1H3. The van der Waals surface area contributed by atoms with Crippen molar-refractivity contribution in [2.24, 2.45) is 4.99 Å². The lowest BCUT2D eigenvalue weighted by atomic mass is 10.1. The monoisotopic (exact) mass is 175 g/mol. The van der Waals surface area contributed by atoms with E-state index in [9.17, 15) is 0 Å². The quantitative estimate of drug-likeness (QED) is 0.674. The summed E-state index contributed by atoms with van der Waals surface area (Å²) in [6.07, 6.45) is 1.03. The van der Waals surface area contributed by atoms with Crippen molar-refractivity contribution in [3.8, 4) is 0 Å². The molecule has 68 valence electrons. The highest BCUT2D eigenvalue weighted by molar-refractivity contribution is 5.96. The van der Waals surface area contributed by atoms with Crippen LogP contribution in [0.4, 0.5) is 0 Å². The molecule has 0 aromatic heterocycles. The van der Waals surface area contributed by atoms with Crippen LogP contribution in [0.5, 0.6) is 0 Å². The highest BCUT2D eigenvalue weighted by Crippen LogP contribution is 2.13. The van der Waals surface area contributed by atoms with Gasteiger partial charge in [0.05, 0.1) is 6.54 Å². The molecular weight excluding hydrogens is 162 g/mol. The average molecular weight is 175 g/mol. The molecule has 1 heterocycles. The van der Waals surface area contributed by atoms with Crippen molar-refractivity contribution in [1.82, 2.24) is 0 Å². The first kappa shape index (κ1) is 8.30. The molecule has 0 saturated carbocycles. The number of aliphatic imine (C=N–C) groups is 1. The second kappa shape index (κ2) is 3.60. The van der Waals surface area contributed by atoms with Crippen molar-refractivity contribution >= 4 is 5.90 Å². The fraction of sp³-hybridized carbons (Fsp3) is 0.364. The number of hydrogen-bond acceptors (Lipinski definition) is 2. The van der Waals surface area contributed by atoms with E-state index in [2.05, 4.69) is 30.1 Å². The summed E-state index contributed by atoms with van der Waals surface area (Å²) < 4.78 is 5.43. The van der Waals surface area contributed by atoms with Crippen LogP contribution in [0.2, 0.25) is 0 Å². The SMILES string of the molecule is CCc1ccccc1C1=NCCO1. The van der Waals surface area contributed by atoms with Crippen molar-refractivity contribution in [3.63, 3.8) is 0 Å². The molecule has 2 nitrogen and oxygen atoms in total. The lowest BCUT2D eigenvalue weighted by Gasteiger charge is -2.06. The summed E-state index contributed by atoms with van der Waals surface area (Å²) in [5.41, 5.74) is 2.46. The van der Waals surface area contributed by atoms with Crippen molar-refractivity contribution in [2.75, 3.05) is 13.2 Å². The van der Waals surface area contributed by atoms with E-state index < -0.39 is 0 Å². The van der Waals surface area contributed by atoms with Gasteiger partial charge in [-0.3, -0.25) is 0 Å². The Labute approximate surface area is 78.3 Å². The van der Waals surface area contributed by atoms with Crippen LogP contribution >= 0.6 is 0 Å². The molecule has 0 spiro atoms. The minimum absolute atomic E-state index is 0.730. The van der Waals surface area contributed by atoms with E-state index in [0.717, 1.165) is 31.0 Å². The van der Waals surface area contributed by atoms with Crippen LogP contribution in [-0.4, -0.2) is 19.0 Å². The van der Waals surface area contributed by atoms with Gasteiger partial charge in [0.1, 0.15) is 6.61 Å². The lowest BCUT2D eigenvalue weighted by Crippen LogP contribution is -2.04. The molecule has 0 radical (unpaired) electrons. The molecule has 1 aliphatic heterocycles. The molecule has 1 aromatic rings. The van der Waals surface area contributed by atoms with Crippen LogP contribution in [0.3, 0.4) is 0 Å². The molecule has 0 saturated heterocycles. The average Bonchev–Trinajstić information content (AvgIpc) is 2.70. The molecular formula is C11H13NO. The fourth-order valence-corrected chi connectivity index (χ4v) is 1.54. The normalized spacial score (nSPS) is 15.3. The van der Waals surface area contributed by atoms with Crippen LogP contribution in [0.25, 0.3) is 0 Å². The molecule has 0 bridgehead atoms. The summed E-state index contributed by atoms with van der Waals surface area (Å²) in [7, 11) is 0. The van der Waals surface area contributed by atoms with Gasteiger partial charge in [0.15, 0.2) is 0 Å². The number of ether oxygens (including phenoxy) is 1. The molecule has 0 amide bonds. The highest BCUT2D eigenvalue weighted by Gasteiger charge is 2.12. The molecule has 2 heteroatoms. The highest BCUT2D eigenvalue weighted by atomic mass is 16.5. The largest absolute Gasteiger partial charge is 0.476 e. The molecule has 0 fully saturated rings. The van der Waals surface area contributed by atoms with Crippen molar-refractivity contribution < 1.29 is 4.74 Å². The number of rotatable bonds is 2. The Bertz CT molecular complexity index is 331. The van der Waals surface area contributed by atoms with Gasteiger partial charge in [0.25, 0.3) is 0 Å². The van der Waals surface area contributed by atoms with Crippen molar-refractivity contribution in [2.45, 2.75) is 13.3 Å². The maximum atomic E-state index is 5.43. The minimum Gasteiger partial charge on any atom is -0.476 e. The Balaban J connectivity index is 2.38. The smallest absolute Gasteiger partial charge is 0.216 e. The number of hydrogen-bond donors (Lipinski definition) is 0. The summed E-state index contributed by atoms with van der Waals surface area (Å²) in [5, 5.41) is 0. The van der Waals surface area contributed by atoms with Gasteiger partial charge in [-0.2, -0.15) is 0 Å². The molecule has 2 rings (SSSR count). The third-order valence-electron chi connectivity index (χ3n) is 2.21. The van der Waals surface area contributed by atoms with Gasteiger partial charge in [-0.05, 0) is 18.1 Å². The predicted molar refractivity (Wildman–Crippen MR) is 53.2 cm³/mol. The topological polar surface area (TPSA) is 21.6 Å². The van der Waals surface area contributed by atoms with E-state index in [1.54, 1.807) is 0 Å². The number of benzene rings is 1. The Morgan fingerprint density at radius 2 is 2.23 bits per heavy atom. The van der Waals surface area contributed by atoms with Gasteiger partial charge in [-0.25, -0.2) is 4.99 Å². The molecule has 0 unspecified atom stereocenters. The Morgan fingerprint density at radius 3 is 2.92 bits per heavy atom. The van der Waals surface area contributed by atoms with Gasteiger partial charge in [0, 0.05) is 5.56 Å². The zero-order valence-electron chi connectivity index (χ0n) is 7.79. The lowest BCUT2D eigenvalue weighted by molar-refractivity contribution is 0.348. The predicted octanol–water partition coefficient (Wildman–Crippen LogP) is 2.03. The van der Waals surface area contributed by atoms with E-state index in [0.29, 0.717) is 0 Å². The van der Waals surface area contributed by atoms with Crippen LogP contribution < -0.4 is 0 Å². The summed E-state index contributed by atoms with van der Waals surface area (Å²) in [4.78, 5) is 4.31. The zero-order valence-corrected chi connectivity index (χ0v) is 7.79. The Kier molecular flexibility index (Phi) is 2.30. The number of nitrogens with zero attached hydrogens (tertiary/aromatic N) is 1. The molecule has 0 aliphatic carbocycles. The molecule has 1 aromatic carbocycles. The van der Waals surface area contributed by atoms with Gasteiger partial charge >= 0.3 is 0 Å². The third-order valence-corrected chi connectivity index (χ3v) is 2.21. The van der Waals surface area contributed by atoms with Crippen LogP contribution in [0.1, 0.15) is 18.1 Å². The summed E-state index contributed by atoms with van der Waals surface area (Å²) in [5.74, 6) is 0.817. The van der Waals surface area contributed by atoms with Gasteiger partial charge < -0.3 is 4.74 Å². The Morgan fingerprint density at radius 1 is 1.38 bits per heavy atom. The summed E-state index contributed by atoms with van der Waals surface area (Å²) >= 11 is 0. The number of aryl methyl sites for hydroxylation is 1. The molecule has 0 N–H and O–H groups in total. The molecule has 0 atom stereocenters. The summed E-state index contributed by atoms with van der Waals surface area (Å²) in [6.45, 7) is 3.68. The van der Waals surface area contributed by atoms with Crippen molar-refractivity contribution in [1.29, 1.82) is 0 Å². The van der Waals surface area contributed by atoms with E-state index in [1.165, 1.54) is 5.56 Å². The third kappa shape index (κ3) is 1.57. The van der Waals surface area contributed by atoms with Gasteiger partial charge in [0.2, 0.25) is 5.90 Å².